The normalized spacial score (nSPS) is 14.1. The lowest BCUT2D eigenvalue weighted by atomic mass is 10.1. The van der Waals surface area contributed by atoms with Crippen LogP contribution in [0, 0.1) is 5.82 Å². The maximum Gasteiger partial charge on any atom is 0.416 e. The monoisotopic (exact) mass is 700 g/mol. The van der Waals surface area contributed by atoms with Crippen LogP contribution in [0.25, 0.3) is 10.9 Å². The van der Waals surface area contributed by atoms with E-state index in [1.807, 2.05) is 4.90 Å². The van der Waals surface area contributed by atoms with Crippen molar-refractivity contribution in [2.75, 3.05) is 58.4 Å². The number of aromatic amines is 1. The van der Waals surface area contributed by atoms with Crippen molar-refractivity contribution in [3.8, 4) is 0 Å². The van der Waals surface area contributed by atoms with Crippen molar-refractivity contribution in [1.29, 1.82) is 0 Å². The van der Waals surface area contributed by atoms with E-state index in [1.54, 1.807) is 6.07 Å². The predicted molar refractivity (Wildman–Crippen MR) is 159 cm³/mol. The topological polar surface area (TPSA) is 196 Å². The number of benzene rings is 2. The van der Waals surface area contributed by atoms with Crippen LogP contribution < -0.4 is 15.6 Å². The molecule has 0 bridgehead atoms. The molecule has 0 spiro atoms. The Kier molecular flexibility index (Phi) is 14.0. The second-order valence-electron chi connectivity index (χ2n) is 9.41. The van der Waals surface area contributed by atoms with E-state index in [1.165, 1.54) is 24.3 Å². The van der Waals surface area contributed by atoms with Crippen LogP contribution in [0.15, 0.2) is 53.3 Å². The van der Waals surface area contributed by atoms with Gasteiger partial charge in [0.25, 0.3) is 5.91 Å². The molecule has 0 radical (unpaired) electrons. The van der Waals surface area contributed by atoms with Crippen molar-refractivity contribution in [2.24, 2.45) is 0 Å². The molecule has 4 N–H and O–H groups in total. The summed E-state index contributed by atoms with van der Waals surface area (Å²) < 4.78 is 112. The average molecular weight is 701 g/mol. The number of H-pyrrole nitrogens is 1. The highest BCUT2D eigenvalue weighted by Crippen LogP contribution is 2.31. The van der Waals surface area contributed by atoms with Gasteiger partial charge in [0.1, 0.15) is 11.5 Å². The van der Waals surface area contributed by atoms with E-state index < -0.39 is 49.7 Å². The second kappa shape index (κ2) is 16.8. The summed E-state index contributed by atoms with van der Waals surface area (Å²) in [5.41, 5.74) is -0.0227. The third-order valence-corrected chi connectivity index (χ3v) is 7.15. The van der Waals surface area contributed by atoms with Gasteiger partial charge < -0.3 is 15.2 Å². The Morgan fingerprint density at radius 1 is 0.957 bits per heavy atom. The van der Waals surface area contributed by atoms with Crippen LogP contribution in [-0.2, 0) is 35.3 Å². The molecule has 2 aromatic carbocycles. The van der Waals surface area contributed by atoms with Gasteiger partial charge in [-0.25, -0.2) is 4.39 Å². The van der Waals surface area contributed by atoms with Crippen LogP contribution in [-0.4, -0.2) is 95.2 Å². The number of anilines is 1. The molecule has 0 atom stereocenters. The van der Waals surface area contributed by atoms with E-state index in [9.17, 15) is 44.0 Å². The lowest BCUT2D eigenvalue weighted by Gasteiger charge is -2.36. The van der Waals surface area contributed by atoms with Crippen molar-refractivity contribution in [3.05, 3.63) is 75.8 Å². The fourth-order valence-electron chi connectivity index (χ4n) is 4.05. The number of halogens is 4. The van der Waals surface area contributed by atoms with Gasteiger partial charge in [-0.1, -0.05) is 6.07 Å². The summed E-state index contributed by atoms with van der Waals surface area (Å²) >= 11 is 0. The lowest BCUT2D eigenvalue weighted by Crippen LogP contribution is -2.47. The molecule has 1 saturated heterocycles. The number of carbonyl (C=O) groups excluding carboxylic acids is 1. The highest BCUT2D eigenvalue weighted by atomic mass is 32.3. The number of carbonyl (C=O) groups is 1. The van der Waals surface area contributed by atoms with Crippen LogP contribution >= 0.6 is 0 Å². The van der Waals surface area contributed by atoms with Crippen LogP contribution in [0.5, 0.6) is 0 Å². The van der Waals surface area contributed by atoms with Gasteiger partial charge in [-0.2, -0.15) is 30.0 Å². The molecule has 256 valence electrons. The zero-order chi connectivity index (χ0) is 34.7. The highest BCUT2D eigenvalue weighted by molar-refractivity contribution is 7.81. The van der Waals surface area contributed by atoms with Crippen molar-refractivity contribution in [3.63, 3.8) is 0 Å². The van der Waals surface area contributed by atoms with Crippen molar-refractivity contribution >= 4 is 43.3 Å². The standard InChI is InChI=1S/C24H24F4N4O2.2CH4O4S/c25-17-5-6-20-19(14-17)22(33)15-21(30-20)23(34)29-7-2-8-31-9-11-32(12-10-31)18-4-1-3-16(13-18)24(26,27)28;2*1-5-6(2,3)4/h1,3-6,13-15H,2,7-12H2,(H,29,34)(H,30,33);2*1H3,(H,2,3,4). The van der Waals surface area contributed by atoms with Gasteiger partial charge in [-0.15, -0.1) is 0 Å². The van der Waals surface area contributed by atoms with Crippen molar-refractivity contribution < 1.29 is 56.7 Å². The maximum absolute atomic E-state index is 13.3. The van der Waals surface area contributed by atoms with Gasteiger partial charge in [-0.3, -0.25) is 32.0 Å². The Morgan fingerprint density at radius 2 is 1.54 bits per heavy atom. The number of piperazine rings is 1. The molecule has 1 fully saturated rings. The minimum atomic E-state index is -4.36. The van der Waals surface area contributed by atoms with Crippen molar-refractivity contribution in [2.45, 2.75) is 12.6 Å². The molecular formula is C26H32F4N4O10S2. The van der Waals surface area contributed by atoms with Gasteiger partial charge in [-0.05, 0) is 49.4 Å². The average Bonchev–Trinajstić information content (AvgIpc) is 2.99. The van der Waals surface area contributed by atoms with Crippen LogP contribution in [0.2, 0.25) is 0 Å². The number of hydrogen-bond acceptors (Lipinski definition) is 10. The fourth-order valence-corrected chi connectivity index (χ4v) is 4.05. The smallest absolute Gasteiger partial charge is 0.369 e. The molecule has 1 aromatic heterocycles. The van der Waals surface area contributed by atoms with E-state index in [0.717, 1.165) is 39.0 Å². The van der Waals surface area contributed by atoms with E-state index >= 15 is 0 Å². The number of alkyl halides is 3. The third kappa shape index (κ3) is 13.4. The molecule has 1 aliphatic rings. The van der Waals surface area contributed by atoms with Gasteiger partial charge in [0.05, 0.1) is 25.3 Å². The molecule has 1 amide bonds. The Balaban J connectivity index is 0.000000522. The zero-order valence-corrected chi connectivity index (χ0v) is 26.1. The summed E-state index contributed by atoms with van der Waals surface area (Å²) in [6.45, 7) is 3.77. The SMILES string of the molecule is COS(=O)(=O)O.COS(=O)(=O)O.O=C(NCCCN1CCN(c2cccc(C(F)(F)F)c2)CC1)c1cc(=O)c2cc(F)ccc2[nH]1. The Bertz CT molecular complexity index is 1710. The third-order valence-electron chi connectivity index (χ3n) is 6.31. The highest BCUT2D eigenvalue weighted by Gasteiger charge is 2.31. The molecule has 20 heteroatoms. The fraction of sp³-hybridized carbons (Fsp3) is 0.385. The van der Waals surface area contributed by atoms with E-state index in [0.29, 0.717) is 50.3 Å². The number of aromatic nitrogens is 1. The minimum absolute atomic E-state index is 0.110. The van der Waals surface area contributed by atoms with E-state index in [2.05, 4.69) is 23.6 Å². The van der Waals surface area contributed by atoms with E-state index in [-0.39, 0.29) is 11.1 Å². The number of rotatable bonds is 8. The van der Waals surface area contributed by atoms with E-state index in [4.69, 9.17) is 9.11 Å². The Hall–Kier alpha value is -3.66. The number of hydrogen-bond donors (Lipinski definition) is 4. The Labute approximate surface area is 261 Å². The molecular weight excluding hydrogens is 668 g/mol. The van der Waals surface area contributed by atoms with Gasteiger partial charge >= 0.3 is 27.0 Å². The number of pyridine rings is 1. The largest absolute Gasteiger partial charge is 0.416 e. The summed E-state index contributed by atoms with van der Waals surface area (Å²) in [6.07, 6.45) is -3.68. The van der Waals surface area contributed by atoms with Crippen LogP contribution in [0.3, 0.4) is 0 Å². The number of nitrogens with zero attached hydrogens (tertiary/aromatic N) is 2. The molecule has 2 heterocycles. The lowest BCUT2D eigenvalue weighted by molar-refractivity contribution is -0.137. The summed E-state index contributed by atoms with van der Waals surface area (Å²) in [4.78, 5) is 31.5. The summed E-state index contributed by atoms with van der Waals surface area (Å²) in [5.74, 6) is -0.941. The maximum atomic E-state index is 13.3. The molecule has 0 aliphatic carbocycles. The molecule has 14 nitrogen and oxygen atoms in total. The number of nitrogens with one attached hydrogen (secondary N) is 2. The molecule has 3 aromatic rings. The van der Waals surface area contributed by atoms with Crippen molar-refractivity contribution in [1.82, 2.24) is 15.2 Å². The van der Waals surface area contributed by atoms with Gasteiger partial charge in [0, 0.05) is 49.9 Å². The first-order valence-corrected chi connectivity index (χ1v) is 15.9. The predicted octanol–water partition coefficient (Wildman–Crippen LogP) is 2.50. The molecule has 0 saturated carbocycles. The molecule has 1 aliphatic heterocycles. The summed E-state index contributed by atoms with van der Waals surface area (Å²) in [5, 5.41) is 2.95. The first kappa shape index (κ1) is 38.5. The summed E-state index contributed by atoms with van der Waals surface area (Å²) in [7, 11) is -6.58. The molecule has 46 heavy (non-hydrogen) atoms. The zero-order valence-electron chi connectivity index (χ0n) is 24.5. The van der Waals surface area contributed by atoms with Gasteiger partial charge in [0.15, 0.2) is 5.43 Å². The molecule has 0 unspecified atom stereocenters. The van der Waals surface area contributed by atoms with Crippen LogP contribution in [0.1, 0.15) is 22.5 Å². The number of fused-ring (bicyclic) bond motifs is 1. The first-order chi connectivity index (χ1) is 21.3. The minimum Gasteiger partial charge on any atom is -0.369 e. The van der Waals surface area contributed by atoms with Gasteiger partial charge in [0.2, 0.25) is 0 Å². The summed E-state index contributed by atoms with van der Waals surface area (Å²) in [6, 6.07) is 10.3. The number of amides is 1. The second-order valence-corrected chi connectivity index (χ2v) is 11.8. The molecule has 4 rings (SSSR count). The Morgan fingerprint density at radius 3 is 2.09 bits per heavy atom. The first-order valence-electron chi connectivity index (χ1n) is 13.1. The van der Waals surface area contributed by atoms with Crippen LogP contribution in [0.4, 0.5) is 23.2 Å². The quantitative estimate of drug-likeness (QED) is 0.153.